The molecule has 1 aliphatic rings. The number of carboxylic acids is 3. The van der Waals surface area contributed by atoms with E-state index in [1.807, 2.05) is 18.2 Å². The molecule has 93 heavy (non-hydrogen) atoms. The van der Waals surface area contributed by atoms with Gasteiger partial charge < -0.3 is 79.7 Å². The molecular weight excluding hydrogens is 1210 g/mol. The number of phenolic OH excluding ortho intramolecular Hbond substituents is 1. The number of hydrogen-bond acceptors (Lipinski definition) is 21. The summed E-state index contributed by atoms with van der Waals surface area (Å²) in [5.41, 5.74) is 13.2. The van der Waals surface area contributed by atoms with Gasteiger partial charge >= 0.3 is 23.9 Å². The van der Waals surface area contributed by atoms with E-state index in [1.54, 1.807) is 75.1 Å². The van der Waals surface area contributed by atoms with Crippen molar-refractivity contribution in [2.45, 2.75) is 57.2 Å². The van der Waals surface area contributed by atoms with Crippen LogP contribution in [0.1, 0.15) is 55.2 Å². The van der Waals surface area contributed by atoms with Crippen molar-refractivity contribution in [3.8, 4) is 5.75 Å². The third-order valence-electron chi connectivity index (χ3n) is 14.8. The first-order chi connectivity index (χ1) is 44.6. The summed E-state index contributed by atoms with van der Waals surface area (Å²) in [7, 11) is 0. The molecule has 5 rings (SSSR count). The summed E-state index contributed by atoms with van der Waals surface area (Å²) in [5, 5.41) is 66.1. The number of guanidine groups is 1. The van der Waals surface area contributed by atoms with Crippen LogP contribution in [-0.4, -0.2) is 242 Å². The molecule has 3 atom stereocenters. The fraction of sp³-hybridized carbons (Fsp3) is 0.475. The molecular formula is C61H87N17O15. The van der Waals surface area contributed by atoms with Gasteiger partial charge in [-0.25, -0.2) is 4.79 Å². The number of carbonyl (C=O) groups excluding carboxylic acids is 6. The van der Waals surface area contributed by atoms with Crippen molar-refractivity contribution in [2.24, 2.45) is 16.5 Å². The van der Waals surface area contributed by atoms with E-state index in [0.717, 1.165) is 5.69 Å². The van der Waals surface area contributed by atoms with E-state index in [0.29, 0.717) is 42.6 Å². The molecule has 1 aliphatic heterocycles. The molecule has 0 saturated carbocycles. The quantitative estimate of drug-likeness (QED) is 0.00947. The molecule has 0 aromatic heterocycles. The predicted octanol–water partition coefficient (Wildman–Crippen LogP) is -2.80. The van der Waals surface area contributed by atoms with Crippen molar-refractivity contribution >= 4 is 76.5 Å². The Hall–Kier alpha value is -9.76. The molecule has 32 nitrogen and oxygen atoms in total. The summed E-state index contributed by atoms with van der Waals surface area (Å²) in [5.74, 6) is -6.51. The van der Waals surface area contributed by atoms with Crippen molar-refractivity contribution in [1.29, 1.82) is 0 Å². The molecule has 0 aliphatic carbocycles. The normalized spacial score (nSPS) is 14.8. The number of aliphatic imine (C=N–C) groups is 1. The minimum Gasteiger partial charge on any atom is -0.508 e. The second-order valence-corrected chi connectivity index (χ2v) is 21.9. The first-order valence-electron chi connectivity index (χ1n) is 30.6. The zero-order chi connectivity index (χ0) is 67.7. The Bertz CT molecular complexity index is 3170. The lowest BCUT2D eigenvalue weighted by Gasteiger charge is -2.33. The van der Waals surface area contributed by atoms with E-state index in [4.69, 9.17) is 11.5 Å². The molecule has 4 aromatic rings. The van der Waals surface area contributed by atoms with Crippen LogP contribution in [0.5, 0.6) is 5.75 Å². The van der Waals surface area contributed by atoms with Crippen LogP contribution in [0.15, 0.2) is 93.4 Å². The Morgan fingerprint density at radius 2 is 1.04 bits per heavy atom. The number of hydrogen-bond donors (Lipinski definition) is 16. The van der Waals surface area contributed by atoms with Gasteiger partial charge in [0.05, 0.1) is 32.1 Å². The molecule has 1 saturated heterocycles. The number of benzene rings is 3. The molecule has 0 spiro atoms. The lowest BCUT2D eigenvalue weighted by atomic mass is 9.90. The number of amides is 7. The van der Waals surface area contributed by atoms with Crippen molar-refractivity contribution in [3.05, 3.63) is 116 Å². The molecule has 0 bridgehead atoms. The predicted molar refractivity (Wildman–Crippen MR) is 346 cm³/mol. The van der Waals surface area contributed by atoms with Crippen LogP contribution in [-0.2, 0) is 44.9 Å². The number of aliphatic carboxylic acids is 3. The summed E-state index contributed by atoms with van der Waals surface area (Å²) < 4.78 is 0. The first kappa shape index (κ1) is 74.0. The van der Waals surface area contributed by atoms with Gasteiger partial charge in [-0.2, -0.15) is 0 Å². The highest BCUT2D eigenvalue weighted by Crippen LogP contribution is 2.27. The number of carboxylic acid groups (broad SMARTS) is 3. The highest BCUT2D eigenvalue weighted by atomic mass is 16.4. The van der Waals surface area contributed by atoms with Crippen LogP contribution in [0.4, 0.5) is 21.9 Å². The van der Waals surface area contributed by atoms with Crippen LogP contribution in [0.25, 0.3) is 0 Å². The van der Waals surface area contributed by atoms with Gasteiger partial charge in [-0.05, 0) is 60.2 Å². The second kappa shape index (κ2) is 39.5. The van der Waals surface area contributed by atoms with Gasteiger partial charge in [0, 0.05) is 123 Å². The smallest absolute Gasteiger partial charge is 0.321 e. The topological polar surface area (TPSA) is 466 Å². The SMILES string of the molecule is CCC(=O)NCCNC(=O)NC(N)=NCCC[C@@H](NC(=O)C(c1ccccc1)c1ccc(NCCCNc2c(NCCNC(=O)[C@@H](CN)NC(=O)CN3CCN(CC(=O)O)CCN(CC(=O)O)CCN(CC(=O)O)CC3)c(=O)c2=O)cc1)C(=O)NCc1ccc(O)cc1. The number of urea groups is 1. The molecule has 1 heterocycles. The van der Waals surface area contributed by atoms with E-state index in [1.165, 1.54) is 12.1 Å². The van der Waals surface area contributed by atoms with Crippen LogP contribution in [0, 0.1) is 0 Å². The minimum atomic E-state index is -1.17. The Morgan fingerprint density at radius 3 is 1.59 bits per heavy atom. The van der Waals surface area contributed by atoms with Gasteiger partial charge in [0.25, 0.3) is 10.9 Å². The maximum atomic E-state index is 14.4. The average molecular weight is 1300 g/mol. The van der Waals surface area contributed by atoms with Gasteiger partial charge in [-0.15, -0.1) is 0 Å². The summed E-state index contributed by atoms with van der Waals surface area (Å²) in [4.78, 5) is 149. The fourth-order valence-corrected chi connectivity index (χ4v) is 9.80. The summed E-state index contributed by atoms with van der Waals surface area (Å²) in [6, 6.07) is 19.7. The van der Waals surface area contributed by atoms with E-state index in [-0.39, 0.29) is 166 Å². The number of rotatable bonds is 36. The largest absolute Gasteiger partial charge is 0.508 e. The number of nitrogens with one attached hydrogen (secondary N) is 10. The standard InChI is InChI=1S/C61H87N17O15/c1-2-47(80)65-22-25-70-61(93)74-60(63)69-19-6-10-45(57(90)71-35-40-11-17-44(79)18-12-40)73-59(92)52(41-8-4-3-5-9-41)42-13-15-43(16-14-42)64-20-7-21-66-53-54(56(89)55(53)88)67-23-24-68-58(91)46(34-62)72-48(81)36-75-26-28-76(37-49(82)83)30-32-78(39-51(86)87)33-31-77(29-27-75)38-50(84)85/h3-5,8-9,11-18,45-46,52,64,66-67,79H,2,6-7,10,19-39,62H2,1H3,(H,65,80)(H,68,91)(H,71,90)(H,72,81)(H,73,92)(H,82,83)(H,84,85)(H,86,87)(H4,63,69,70,74,93)/t45-,46-,52?/m1/s1. The molecule has 1 fully saturated rings. The molecule has 506 valence electrons. The number of nitrogens with zero attached hydrogens (tertiary/aromatic N) is 5. The average Bonchev–Trinajstić information content (AvgIpc) is 0.885. The fourth-order valence-electron chi connectivity index (χ4n) is 9.80. The highest BCUT2D eigenvalue weighted by molar-refractivity contribution is 5.95. The highest BCUT2D eigenvalue weighted by Gasteiger charge is 2.29. The Morgan fingerprint density at radius 1 is 0.538 bits per heavy atom. The molecule has 0 radical (unpaired) electrons. The van der Waals surface area contributed by atoms with Gasteiger partial charge in [0.1, 0.15) is 29.2 Å². The van der Waals surface area contributed by atoms with Gasteiger partial charge in [0.2, 0.25) is 29.5 Å². The number of carbonyl (C=O) groups is 9. The van der Waals surface area contributed by atoms with Crippen molar-refractivity contribution in [1.82, 2.24) is 56.8 Å². The Kier molecular flexibility index (Phi) is 31.4. The lowest BCUT2D eigenvalue weighted by molar-refractivity contribution is -0.140. The maximum absolute atomic E-state index is 14.4. The van der Waals surface area contributed by atoms with Gasteiger partial charge in [0.15, 0.2) is 5.96 Å². The molecule has 32 heteroatoms. The molecule has 7 amide bonds. The van der Waals surface area contributed by atoms with Gasteiger partial charge in [-0.1, -0.05) is 61.5 Å². The van der Waals surface area contributed by atoms with Crippen LogP contribution < -0.4 is 75.5 Å². The number of nitrogens with two attached hydrogens (primary N) is 2. The number of aromatic hydroxyl groups is 1. The van der Waals surface area contributed by atoms with Crippen LogP contribution in [0.2, 0.25) is 0 Å². The van der Waals surface area contributed by atoms with E-state index < -0.39 is 76.4 Å². The third-order valence-corrected chi connectivity index (χ3v) is 14.8. The lowest BCUT2D eigenvalue weighted by Crippen LogP contribution is -2.54. The minimum absolute atomic E-state index is 0.0268. The van der Waals surface area contributed by atoms with Crippen molar-refractivity contribution in [2.75, 3.05) is 147 Å². The maximum Gasteiger partial charge on any atom is 0.321 e. The number of anilines is 3. The molecule has 1 unspecified atom stereocenters. The van der Waals surface area contributed by atoms with Gasteiger partial charge in [-0.3, -0.25) is 77.9 Å². The molecule has 4 aromatic carbocycles. The Balaban J connectivity index is 1.10. The second-order valence-electron chi connectivity index (χ2n) is 21.9. The van der Waals surface area contributed by atoms with Crippen molar-refractivity contribution in [3.63, 3.8) is 0 Å². The first-order valence-corrected chi connectivity index (χ1v) is 30.6. The summed E-state index contributed by atoms with van der Waals surface area (Å²) in [6.07, 6.45) is 1.23. The summed E-state index contributed by atoms with van der Waals surface area (Å²) in [6.45, 7) is 3.04. The monoisotopic (exact) mass is 1300 g/mol. The van der Waals surface area contributed by atoms with E-state index >= 15 is 0 Å². The number of phenols is 1. The van der Waals surface area contributed by atoms with E-state index in [2.05, 4.69) is 58.2 Å². The summed E-state index contributed by atoms with van der Waals surface area (Å²) >= 11 is 0. The van der Waals surface area contributed by atoms with Crippen LogP contribution >= 0.6 is 0 Å². The molecule has 18 N–H and O–H groups in total. The van der Waals surface area contributed by atoms with E-state index in [9.17, 15) is 73.2 Å². The van der Waals surface area contributed by atoms with Crippen molar-refractivity contribution < 1.29 is 63.6 Å². The third kappa shape index (κ3) is 26.9. The zero-order valence-corrected chi connectivity index (χ0v) is 52.1. The zero-order valence-electron chi connectivity index (χ0n) is 52.1. The van der Waals surface area contributed by atoms with Crippen LogP contribution in [0.3, 0.4) is 0 Å². The Labute approximate surface area is 537 Å².